The van der Waals surface area contributed by atoms with Gasteiger partial charge in [-0.05, 0) is 51.5 Å². The number of nitrogens with one attached hydrogen (secondary N) is 1. The number of nitrogens with zero attached hydrogens (tertiary/aromatic N) is 2. The maximum absolute atomic E-state index is 11.9. The molecule has 1 aromatic carbocycles. The van der Waals surface area contributed by atoms with Crippen molar-refractivity contribution in [1.82, 2.24) is 10.3 Å². The van der Waals surface area contributed by atoms with Gasteiger partial charge in [-0.2, -0.15) is 0 Å². The number of hydrogen-bond donors (Lipinski definition) is 1. The second-order valence-electron chi connectivity index (χ2n) is 7.07. The Labute approximate surface area is 150 Å². The highest BCUT2D eigenvalue weighted by atomic mass is 79.9. The van der Waals surface area contributed by atoms with Crippen molar-refractivity contribution in [3.05, 3.63) is 34.9 Å². The molecule has 0 aliphatic carbocycles. The standard InChI is InChI=1S/C18H22BrN3O2/c1-18(2,3)24-17(23)21-13-7-9-22(11-13)16-6-8-20-15-5-4-12(19)10-14(15)16/h4-6,8,10,13H,7,9,11H2,1-3H3,(H,21,23)/t13-/m0/s1. The first-order valence-electron chi connectivity index (χ1n) is 8.10. The summed E-state index contributed by atoms with van der Waals surface area (Å²) in [6.07, 6.45) is 2.38. The van der Waals surface area contributed by atoms with Crippen molar-refractivity contribution < 1.29 is 9.53 Å². The van der Waals surface area contributed by atoms with E-state index in [0.717, 1.165) is 40.6 Å². The van der Waals surface area contributed by atoms with Crippen LogP contribution in [0.3, 0.4) is 0 Å². The van der Waals surface area contributed by atoms with Crippen LogP contribution >= 0.6 is 15.9 Å². The van der Waals surface area contributed by atoms with Gasteiger partial charge in [-0.3, -0.25) is 4.98 Å². The van der Waals surface area contributed by atoms with Gasteiger partial charge in [0.25, 0.3) is 0 Å². The van der Waals surface area contributed by atoms with Crippen LogP contribution in [-0.2, 0) is 4.74 Å². The van der Waals surface area contributed by atoms with E-state index in [1.165, 1.54) is 0 Å². The minimum atomic E-state index is -0.476. The van der Waals surface area contributed by atoms with E-state index in [-0.39, 0.29) is 12.1 Å². The average molecular weight is 392 g/mol. The number of fused-ring (bicyclic) bond motifs is 1. The highest BCUT2D eigenvalue weighted by Gasteiger charge is 2.27. The summed E-state index contributed by atoms with van der Waals surface area (Å²) in [6, 6.07) is 8.22. The van der Waals surface area contributed by atoms with Crippen molar-refractivity contribution in [2.24, 2.45) is 0 Å². The Kier molecular flexibility index (Phi) is 4.67. The summed E-state index contributed by atoms with van der Waals surface area (Å²) >= 11 is 3.53. The number of rotatable bonds is 2. The second kappa shape index (κ2) is 6.59. The van der Waals surface area contributed by atoms with Crippen LogP contribution in [0.25, 0.3) is 10.9 Å². The molecule has 6 heteroatoms. The van der Waals surface area contributed by atoms with Crippen molar-refractivity contribution in [1.29, 1.82) is 0 Å². The van der Waals surface area contributed by atoms with Gasteiger partial charge in [-0.15, -0.1) is 0 Å². The summed E-state index contributed by atoms with van der Waals surface area (Å²) in [7, 11) is 0. The fourth-order valence-corrected chi connectivity index (χ4v) is 3.31. The smallest absolute Gasteiger partial charge is 0.407 e. The number of benzene rings is 1. The molecule has 128 valence electrons. The van der Waals surface area contributed by atoms with Gasteiger partial charge in [0, 0.05) is 34.8 Å². The van der Waals surface area contributed by atoms with Crippen LogP contribution in [0.5, 0.6) is 0 Å². The molecule has 1 aromatic heterocycles. The summed E-state index contributed by atoms with van der Waals surface area (Å²) < 4.78 is 6.38. The van der Waals surface area contributed by atoms with E-state index in [2.05, 4.69) is 37.2 Å². The third-order valence-electron chi connectivity index (χ3n) is 3.93. The van der Waals surface area contributed by atoms with Crippen molar-refractivity contribution >= 4 is 38.6 Å². The molecule has 1 N–H and O–H groups in total. The van der Waals surface area contributed by atoms with E-state index in [0.29, 0.717) is 0 Å². The number of amides is 1. The third kappa shape index (κ3) is 3.98. The molecule has 1 saturated heterocycles. The number of aromatic nitrogens is 1. The molecule has 5 nitrogen and oxygen atoms in total. The van der Waals surface area contributed by atoms with E-state index in [9.17, 15) is 4.79 Å². The van der Waals surface area contributed by atoms with Crippen LogP contribution in [0.2, 0.25) is 0 Å². The number of carbonyl (C=O) groups excluding carboxylic acids is 1. The first-order chi connectivity index (χ1) is 11.3. The molecule has 1 fully saturated rings. The number of anilines is 1. The molecule has 0 spiro atoms. The van der Waals surface area contributed by atoms with Gasteiger partial charge in [-0.1, -0.05) is 15.9 Å². The molecular formula is C18H22BrN3O2. The fraction of sp³-hybridized carbons (Fsp3) is 0.444. The lowest BCUT2D eigenvalue weighted by molar-refractivity contribution is 0.0509. The molecule has 24 heavy (non-hydrogen) atoms. The number of pyridine rings is 1. The summed E-state index contributed by atoms with van der Waals surface area (Å²) in [5.41, 5.74) is 1.64. The molecule has 0 bridgehead atoms. The van der Waals surface area contributed by atoms with E-state index in [1.807, 2.05) is 45.2 Å². The second-order valence-corrected chi connectivity index (χ2v) is 7.99. The summed E-state index contributed by atoms with van der Waals surface area (Å²) in [4.78, 5) is 18.7. The van der Waals surface area contributed by atoms with Crippen LogP contribution in [0.4, 0.5) is 10.5 Å². The maximum Gasteiger partial charge on any atom is 0.407 e. The van der Waals surface area contributed by atoms with Crippen molar-refractivity contribution in [2.45, 2.75) is 38.8 Å². The summed E-state index contributed by atoms with van der Waals surface area (Å²) in [5.74, 6) is 0. The lowest BCUT2D eigenvalue weighted by Crippen LogP contribution is -2.40. The molecule has 1 aliphatic rings. The SMILES string of the molecule is CC(C)(C)OC(=O)N[C@H]1CCN(c2ccnc3ccc(Br)cc23)C1. The van der Waals surface area contributed by atoms with Gasteiger partial charge in [-0.25, -0.2) is 4.79 Å². The van der Waals surface area contributed by atoms with Crippen LogP contribution in [-0.4, -0.2) is 35.8 Å². The van der Waals surface area contributed by atoms with Crippen LogP contribution in [0, 0.1) is 0 Å². The van der Waals surface area contributed by atoms with Crippen molar-refractivity contribution in [3.8, 4) is 0 Å². The number of carbonyl (C=O) groups is 1. The topological polar surface area (TPSA) is 54.5 Å². The zero-order chi connectivity index (χ0) is 17.3. The quantitative estimate of drug-likeness (QED) is 0.836. The predicted molar refractivity (Wildman–Crippen MR) is 99.4 cm³/mol. The van der Waals surface area contributed by atoms with E-state index < -0.39 is 5.60 Å². The Morgan fingerprint density at radius 1 is 1.38 bits per heavy atom. The van der Waals surface area contributed by atoms with Gasteiger partial charge < -0.3 is 15.0 Å². The maximum atomic E-state index is 11.9. The highest BCUT2D eigenvalue weighted by molar-refractivity contribution is 9.10. The van der Waals surface area contributed by atoms with Crippen molar-refractivity contribution in [3.63, 3.8) is 0 Å². The Morgan fingerprint density at radius 3 is 2.92 bits per heavy atom. The molecule has 0 radical (unpaired) electrons. The molecule has 2 heterocycles. The Morgan fingerprint density at radius 2 is 2.17 bits per heavy atom. The zero-order valence-electron chi connectivity index (χ0n) is 14.2. The third-order valence-corrected chi connectivity index (χ3v) is 4.42. The zero-order valence-corrected chi connectivity index (χ0v) is 15.8. The van der Waals surface area contributed by atoms with Gasteiger partial charge >= 0.3 is 6.09 Å². The van der Waals surface area contributed by atoms with Crippen molar-refractivity contribution in [2.75, 3.05) is 18.0 Å². The Hall–Kier alpha value is -1.82. The Balaban J connectivity index is 1.72. The van der Waals surface area contributed by atoms with Gasteiger partial charge in [0.15, 0.2) is 0 Å². The van der Waals surface area contributed by atoms with Crippen LogP contribution in [0.1, 0.15) is 27.2 Å². The lowest BCUT2D eigenvalue weighted by Gasteiger charge is -2.23. The molecule has 1 amide bonds. The van der Waals surface area contributed by atoms with Crippen LogP contribution < -0.4 is 10.2 Å². The van der Waals surface area contributed by atoms with E-state index >= 15 is 0 Å². The number of ether oxygens (including phenoxy) is 1. The first-order valence-corrected chi connectivity index (χ1v) is 8.90. The average Bonchev–Trinajstić information content (AvgIpc) is 2.92. The number of alkyl carbamates (subject to hydrolysis) is 1. The molecule has 0 unspecified atom stereocenters. The van der Waals surface area contributed by atoms with Gasteiger partial charge in [0.05, 0.1) is 11.6 Å². The molecule has 0 saturated carbocycles. The fourth-order valence-electron chi connectivity index (χ4n) is 2.95. The number of hydrogen-bond acceptors (Lipinski definition) is 4. The van der Waals surface area contributed by atoms with E-state index in [4.69, 9.17) is 4.74 Å². The monoisotopic (exact) mass is 391 g/mol. The highest BCUT2D eigenvalue weighted by Crippen LogP contribution is 2.30. The predicted octanol–water partition coefficient (Wildman–Crippen LogP) is 4.10. The minimum Gasteiger partial charge on any atom is -0.444 e. The van der Waals surface area contributed by atoms with Gasteiger partial charge in [0.1, 0.15) is 5.60 Å². The van der Waals surface area contributed by atoms with E-state index in [1.54, 1.807) is 0 Å². The largest absolute Gasteiger partial charge is 0.444 e. The minimum absolute atomic E-state index is 0.0928. The molecule has 3 rings (SSSR count). The molecule has 1 aliphatic heterocycles. The summed E-state index contributed by atoms with van der Waals surface area (Å²) in [5, 5.41) is 4.08. The molecule has 1 atom stereocenters. The molecule has 2 aromatic rings. The lowest BCUT2D eigenvalue weighted by atomic mass is 10.2. The normalized spacial score (nSPS) is 18.0. The molecular weight excluding hydrogens is 370 g/mol. The number of halogens is 1. The van der Waals surface area contributed by atoms with Gasteiger partial charge in [0.2, 0.25) is 0 Å². The van der Waals surface area contributed by atoms with Crippen LogP contribution in [0.15, 0.2) is 34.9 Å². The summed E-state index contributed by atoms with van der Waals surface area (Å²) in [6.45, 7) is 7.27. The first kappa shape index (κ1) is 17.0. The Bertz CT molecular complexity index is 758.